The minimum absolute atomic E-state index is 0.170. The summed E-state index contributed by atoms with van der Waals surface area (Å²) in [5, 5.41) is 8.48. The van der Waals surface area contributed by atoms with Crippen molar-refractivity contribution in [3.8, 4) is 0 Å². The second kappa shape index (κ2) is 5.33. The van der Waals surface area contributed by atoms with Crippen LogP contribution in [-0.4, -0.2) is 24.9 Å². The SMILES string of the molecule is OC/C=C/CC1CCOCC1. The third-order valence-electron chi connectivity index (χ3n) is 2.08. The first-order valence-electron chi connectivity index (χ1n) is 4.27. The van der Waals surface area contributed by atoms with E-state index in [1.807, 2.05) is 6.08 Å². The van der Waals surface area contributed by atoms with Crippen LogP contribution >= 0.6 is 0 Å². The van der Waals surface area contributed by atoms with Gasteiger partial charge in [-0.15, -0.1) is 0 Å². The fourth-order valence-electron chi connectivity index (χ4n) is 1.35. The lowest BCUT2D eigenvalue weighted by Gasteiger charge is -2.20. The van der Waals surface area contributed by atoms with Crippen LogP contribution in [0.1, 0.15) is 19.3 Å². The summed E-state index contributed by atoms with van der Waals surface area (Å²) in [6.45, 7) is 2.00. The van der Waals surface area contributed by atoms with Crippen LogP contribution in [0.3, 0.4) is 0 Å². The molecule has 0 radical (unpaired) electrons. The predicted molar refractivity (Wildman–Crippen MR) is 44.4 cm³/mol. The molecule has 0 saturated carbocycles. The van der Waals surface area contributed by atoms with E-state index < -0.39 is 0 Å². The Morgan fingerprint density at radius 1 is 1.27 bits per heavy atom. The molecule has 2 nitrogen and oxygen atoms in total. The van der Waals surface area contributed by atoms with Gasteiger partial charge in [0.1, 0.15) is 0 Å². The third kappa shape index (κ3) is 3.54. The zero-order valence-corrected chi connectivity index (χ0v) is 6.83. The molecular formula is C9H16O2. The summed E-state index contributed by atoms with van der Waals surface area (Å²) in [6.07, 6.45) is 7.33. The molecule has 1 aliphatic rings. The van der Waals surface area contributed by atoms with Gasteiger partial charge in [0.2, 0.25) is 0 Å². The van der Waals surface area contributed by atoms with Gasteiger partial charge in [0, 0.05) is 13.2 Å². The van der Waals surface area contributed by atoms with E-state index in [0.717, 1.165) is 25.6 Å². The Labute approximate surface area is 67.9 Å². The highest BCUT2D eigenvalue weighted by atomic mass is 16.5. The fraction of sp³-hybridized carbons (Fsp3) is 0.778. The number of aliphatic hydroxyl groups is 1. The molecule has 11 heavy (non-hydrogen) atoms. The molecule has 0 amide bonds. The Bertz CT molecular complexity index is 115. The lowest BCUT2D eigenvalue weighted by Crippen LogP contribution is -2.14. The molecule has 64 valence electrons. The normalized spacial score (nSPS) is 21.2. The second-order valence-corrected chi connectivity index (χ2v) is 2.95. The Hall–Kier alpha value is -0.340. The van der Waals surface area contributed by atoms with E-state index in [9.17, 15) is 0 Å². The van der Waals surface area contributed by atoms with Crippen LogP contribution in [0.15, 0.2) is 12.2 Å². The molecule has 0 bridgehead atoms. The smallest absolute Gasteiger partial charge is 0.0612 e. The summed E-state index contributed by atoms with van der Waals surface area (Å²) in [4.78, 5) is 0. The van der Waals surface area contributed by atoms with Crippen molar-refractivity contribution in [3.63, 3.8) is 0 Å². The Morgan fingerprint density at radius 2 is 2.00 bits per heavy atom. The molecule has 1 saturated heterocycles. The van der Waals surface area contributed by atoms with Gasteiger partial charge < -0.3 is 9.84 Å². The Morgan fingerprint density at radius 3 is 2.64 bits per heavy atom. The maximum atomic E-state index is 8.48. The highest BCUT2D eigenvalue weighted by molar-refractivity contribution is 4.83. The lowest BCUT2D eigenvalue weighted by molar-refractivity contribution is 0.0672. The number of hydrogen-bond acceptors (Lipinski definition) is 2. The standard InChI is InChI=1S/C9H16O2/c10-6-2-1-3-9-4-7-11-8-5-9/h1-2,9-10H,3-8H2/b2-1+. The number of aliphatic hydroxyl groups excluding tert-OH is 1. The van der Waals surface area contributed by atoms with Crippen molar-refractivity contribution in [2.45, 2.75) is 19.3 Å². The fourth-order valence-corrected chi connectivity index (χ4v) is 1.35. The number of allylic oxidation sites excluding steroid dienone is 1. The van der Waals surface area contributed by atoms with Crippen molar-refractivity contribution >= 4 is 0 Å². The molecule has 1 N–H and O–H groups in total. The van der Waals surface area contributed by atoms with Crippen molar-refractivity contribution in [2.24, 2.45) is 5.92 Å². The maximum Gasteiger partial charge on any atom is 0.0612 e. The molecular weight excluding hydrogens is 140 g/mol. The van der Waals surface area contributed by atoms with Gasteiger partial charge in [-0.2, -0.15) is 0 Å². The third-order valence-corrected chi connectivity index (χ3v) is 2.08. The molecule has 1 fully saturated rings. The van der Waals surface area contributed by atoms with Gasteiger partial charge in [-0.05, 0) is 25.2 Å². The number of rotatable bonds is 3. The quantitative estimate of drug-likeness (QED) is 0.625. The topological polar surface area (TPSA) is 29.5 Å². The first-order chi connectivity index (χ1) is 5.43. The monoisotopic (exact) mass is 156 g/mol. The van der Waals surface area contributed by atoms with E-state index in [0.29, 0.717) is 0 Å². The van der Waals surface area contributed by atoms with Gasteiger partial charge in [-0.25, -0.2) is 0 Å². The largest absolute Gasteiger partial charge is 0.392 e. The van der Waals surface area contributed by atoms with Crippen molar-refractivity contribution in [2.75, 3.05) is 19.8 Å². The van der Waals surface area contributed by atoms with Crippen LogP contribution in [0, 0.1) is 5.92 Å². The average Bonchev–Trinajstić information content (AvgIpc) is 2.07. The first-order valence-corrected chi connectivity index (χ1v) is 4.27. The van der Waals surface area contributed by atoms with Crippen LogP contribution in [0.2, 0.25) is 0 Å². The Balaban J connectivity index is 2.09. The first kappa shape index (κ1) is 8.75. The lowest BCUT2D eigenvalue weighted by atomic mass is 9.96. The summed E-state index contributed by atoms with van der Waals surface area (Å²) in [5.41, 5.74) is 0. The summed E-state index contributed by atoms with van der Waals surface area (Å²) in [5.74, 6) is 0.784. The average molecular weight is 156 g/mol. The molecule has 0 aliphatic carbocycles. The van der Waals surface area contributed by atoms with E-state index in [-0.39, 0.29) is 6.61 Å². The van der Waals surface area contributed by atoms with Crippen molar-refractivity contribution in [3.05, 3.63) is 12.2 Å². The summed E-state index contributed by atoms with van der Waals surface area (Å²) >= 11 is 0. The molecule has 0 spiro atoms. The van der Waals surface area contributed by atoms with Gasteiger partial charge in [0.05, 0.1) is 6.61 Å². The van der Waals surface area contributed by atoms with Crippen molar-refractivity contribution in [1.82, 2.24) is 0 Å². The van der Waals surface area contributed by atoms with E-state index in [4.69, 9.17) is 9.84 Å². The Kier molecular flexibility index (Phi) is 4.24. The van der Waals surface area contributed by atoms with Gasteiger partial charge in [-0.3, -0.25) is 0 Å². The van der Waals surface area contributed by atoms with E-state index in [1.165, 1.54) is 12.8 Å². The predicted octanol–water partition coefficient (Wildman–Crippen LogP) is 1.35. The molecule has 2 heteroatoms. The van der Waals surface area contributed by atoms with Crippen molar-refractivity contribution < 1.29 is 9.84 Å². The summed E-state index contributed by atoms with van der Waals surface area (Å²) < 4.78 is 5.23. The highest BCUT2D eigenvalue weighted by Gasteiger charge is 2.11. The molecule has 1 heterocycles. The number of ether oxygens (including phenoxy) is 1. The zero-order chi connectivity index (χ0) is 7.94. The molecule has 0 aromatic carbocycles. The molecule has 0 atom stereocenters. The zero-order valence-electron chi connectivity index (χ0n) is 6.83. The van der Waals surface area contributed by atoms with E-state index in [2.05, 4.69) is 6.08 Å². The van der Waals surface area contributed by atoms with Crippen LogP contribution in [-0.2, 0) is 4.74 Å². The summed E-state index contributed by atoms with van der Waals surface area (Å²) in [7, 11) is 0. The van der Waals surface area contributed by atoms with Crippen LogP contribution in [0.4, 0.5) is 0 Å². The molecule has 1 aliphatic heterocycles. The highest BCUT2D eigenvalue weighted by Crippen LogP contribution is 2.18. The molecule has 0 unspecified atom stereocenters. The van der Waals surface area contributed by atoms with Gasteiger partial charge in [0.15, 0.2) is 0 Å². The van der Waals surface area contributed by atoms with Crippen LogP contribution < -0.4 is 0 Å². The number of hydrogen-bond donors (Lipinski definition) is 1. The second-order valence-electron chi connectivity index (χ2n) is 2.95. The van der Waals surface area contributed by atoms with Gasteiger partial charge >= 0.3 is 0 Å². The van der Waals surface area contributed by atoms with E-state index in [1.54, 1.807) is 0 Å². The maximum absolute atomic E-state index is 8.48. The van der Waals surface area contributed by atoms with Gasteiger partial charge in [-0.1, -0.05) is 12.2 Å². The molecule has 0 aromatic rings. The molecule has 0 aromatic heterocycles. The van der Waals surface area contributed by atoms with Crippen LogP contribution in [0.5, 0.6) is 0 Å². The van der Waals surface area contributed by atoms with E-state index >= 15 is 0 Å². The minimum atomic E-state index is 0.170. The van der Waals surface area contributed by atoms with Crippen molar-refractivity contribution in [1.29, 1.82) is 0 Å². The summed E-state index contributed by atoms with van der Waals surface area (Å²) in [6, 6.07) is 0. The van der Waals surface area contributed by atoms with Gasteiger partial charge in [0.25, 0.3) is 0 Å². The van der Waals surface area contributed by atoms with Crippen LogP contribution in [0.25, 0.3) is 0 Å². The minimum Gasteiger partial charge on any atom is -0.392 e. The molecule has 1 rings (SSSR count).